The molecule has 1 aromatic rings. The maximum Gasteiger partial charge on any atom is 0.140 e. The summed E-state index contributed by atoms with van der Waals surface area (Å²) >= 11 is 0. The van der Waals surface area contributed by atoms with Crippen LogP contribution in [0.4, 0.5) is 0 Å². The SMILES string of the molecule is CCC(C)CCN1CCC(C(C)=O)(c2ccccc2C)CC1. The van der Waals surface area contributed by atoms with Gasteiger partial charge in [-0.15, -0.1) is 0 Å². The number of Topliss-reactive ketones (excluding diaryl/α,β-unsaturated/α-hetero) is 1. The lowest BCUT2D eigenvalue weighted by Crippen LogP contribution is -2.47. The predicted molar refractivity (Wildman–Crippen MR) is 93.3 cm³/mol. The van der Waals surface area contributed by atoms with Crippen molar-refractivity contribution in [1.82, 2.24) is 4.90 Å². The van der Waals surface area contributed by atoms with Crippen LogP contribution in [0.2, 0.25) is 0 Å². The fraction of sp³-hybridized carbons (Fsp3) is 0.650. The number of benzene rings is 1. The van der Waals surface area contributed by atoms with Crippen molar-refractivity contribution in [3.05, 3.63) is 35.4 Å². The maximum absolute atomic E-state index is 12.5. The minimum absolute atomic E-state index is 0.252. The number of carbonyl (C=O) groups is 1. The van der Waals surface area contributed by atoms with E-state index in [0.29, 0.717) is 5.78 Å². The largest absolute Gasteiger partial charge is 0.303 e. The van der Waals surface area contributed by atoms with Crippen LogP contribution in [0.15, 0.2) is 24.3 Å². The Morgan fingerprint density at radius 1 is 1.27 bits per heavy atom. The Kier molecular flexibility index (Phi) is 5.80. The van der Waals surface area contributed by atoms with E-state index < -0.39 is 0 Å². The molecule has 0 N–H and O–H groups in total. The van der Waals surface area contributed by atoms with E-state index in [1.54, 1.807) is 6.92 Å². The number of hydrogen-bond donors (Lipinski definition) is 0. The Morgan fingerprint density at radius 3 is 2.45 bits per heavy atom. The van der Waals surface area contributed by atoms with Crippen LogP contribution in [-0.4, -0.2) is 30.3 Å². The second-order valence-corrected chi connectivity index (χ2v) is 7.10. The molecule has 0 spiro atoms. The molecule has 2 rings (SSSR count). The Bertz CT molecular complexity index is 500. The van der Waals surface area contributed by atoms with Gasteiger partial charge < -0.3 is 4.90 Å². The van der Waals surface area contributed by atoms with Gasteiger partial charge in [-0.25, -0.2) is 0 Å². The average Bonchev–Trinajstić information content (AvgIpc) is 2.53. The minimum Gasteiger partial charge on any atom is -0.303 e. The van der Waals surface area contributed by atoms with Gasteiger partial charge in [-0.2, -0.15) is 0 Å². The summed E-state index contributed by atoms with van der Waals surface area (Å²) in [7, 11) is 0. The predicted octanol–water partition coefficient (Wildman–Crippen LogP) is 4.35. The van der Waals surface area contributed by atoms with Crippen molar-refractivity contribution in [3.8, 4) is 0 Å². The summed E-state index contributed by atoms with van der Waals surface area (Å²) < 4.78 is 0. The Balaban J connectivity index is 2.08. The van der Waals surface area contributed by atoms with Crippen LogP contribution in [-0.2, 0) is 10.2 Å². The molecule has 1 aliphatic heterocycles. The number of hydrogen-bond acceptors (Lipinski definition) is 2. The molecule has 0 aromatic heterocycles. The molecule has 122 valence electrons. The molecule has 1 aromatic carbocycles. The number of likely N-dealkylation sites (tertiary alicyclic amines) is 1. The highest BCUT2D eigenvalue weighted by atomic mass is 16.1. The van der Waals surface area contributed by atoms with Crippen molar-refractivity contribution in [3.63, 3.8) is 0 Å². The summed E-state index contributed by atoms with van der Waals surface area (Å²) in [6.45, 7) is 11.8. The second kappa shape index (κ2) is 7.41. The molecule has 22 heavy (non-hydrogen) atoms. The Labute approximate surface area is 135 Å². The van der Waals surface area contributed by atoms with Gasteiger partial charge in [0.2, 0.25) is 0 Å². The van der Waals surface area contributed by atoms with Gasteiger partial charge in [-0.1, -0.05) is 44.5 Å². The first-order valence-corrected chi connectivity index (χ1v) is 8.79. The zero-order valence-electron chi connectivity index (χ0n) is 14.7. The summed E-state index contributed by atoms with van der Waals surface area (Å²) in [4.78, 5) is 15.0. The summed E-state index contributed by atoms with van der Waals surface area (Å²) in [6.07, 6.45) is 4.46. The molecule has 1 fully saturated rings. The van der Waals surface area contributed by atoms with Crippen LogP contribution in [0.1, 0.15) is 57.6 Å². The lowest BCUT2D eigenvalue weighted by Gasteiger charge is -2.41. The number of nitrogens with zero attached hydrogens (tertiary/aromatic N) is 1. The van der Waals surface area contributed by atoms with E-state index in [-0.39, 0.29) is 5.41 Å². The van der Waals surface area contributed by atoms with Gasteiger partial charge in [-0.05, 0) is 69.8 Å². The smallest absolute Gasteiger partial charge is 0.140 e. The molecule has 0 aliphatic carbocycles. The van der Waals surface area contributed by atoms with E-state index in [4.69, 9.17) is 0 Å². The highest BCUT2D eigenvalue weighted by molar-refractivity contribution is 5.88. The molecule has 2 nitrogen and oxygen atoms in total. The van der Waals surface area contributed by atoms with Gasteiger partial charge in [0.15, 0.2) is 0 Å². The van der Waals surface area contributed by atoms with Crippen molar-refractivity contribution < 1.29 is 4.79 Å². The lowest BCUT2D eigenvalue weighted by atomic mass is 9.69. The topological polar surface area (TPSA) is 20.3 Å². The van der Waals surface area contributed by atoms with Crippen LogP contribution in [0.5, 0.6) is 0 Å². The van der Waals surface area contributed by atoms with Crippen LogP contribution in [0, 0.1) is 12.8 Å². The maximum atomic E-state index is 12.5. The van der Waals surface area contributed by atoms with E-state index >= 15 is 0 Å². The van der Waals surface area contributed by atoms with Crippen LogP contribution in [0.3, 0.4) is 0 Å². The number of rotatable bonds is 6. The standard InChI is InChI=1S/C20H31NO/c1-5-16(2)10-13-21-14-11-20(12-15-21,18(4)22)19-9-7-6-8-17(19)3/h6-9,16H,5,10-15H2,1-4H3. The van der Waals surface area contributed by atoms with Crippen LogP contribution in [0.25, 0.3) is 0 Å². The van der Waals surface area contributed by atoms with Gasteiger partial charge >= 0.3 is 0 Å². The van der Waals surface area contributed by atoms with Gasteiger partial charge in [-0.3, -0.25) is 4.79 Å². The van der Waals surface area contributed by atoms with Gasteiger partial charge in [0, 0.05) is 0 Å². The third-order valence-electron chi connectivity index (χ3n) is 5.68. The van der Waals surface area contributed by atoms with Gasteiger partial charge in [0.25, 0.3) is 0 Å². The number of ketones is 1. The zero-order valence-corrected chi connectivity index (χ0v) is 14.7. The third-order valence-corrected chi connectivity index (χ3v) is 5.68. The van der Waals surface area contributed by atoms with E-state index in [1.165, 1.54) is 30.5 Å². The van der Waals surface area contributed by atoms with Crippen molar-refractivity contribution in [2.45, 2.75) is 58.8 Å². The summed E-state index contributed by atoms with van der Waals surface area (Å²) in [6, 6.07) is 8.43. The number of piperidine rings is 1. The Morgan fingerprint density at radius 2 is 1.91 bits per heavy atom. The third kappa shape index (κ3) is 3.60. The summed E-state index contributed by atoms with van der Waals surface area (Å²) in [5.74, 6) is 1.14. The fourth-order valence-electron chi connectivity index (χ4n) is 3.69. The lowest BCUT2D eigenvalue weighted by molar-refractivity contribution is -0.124. The number of carbonyl (C=O) groups excluding carboxylic acids is 1. The highest BCUT2D eigenvalue weighted by Crippen LogP contribution is 2.38. The van der Waals surface area contributed by atoms with E-state index in [1.807, 2.05) is 0 Å². The van der Waals surface area contributed by atoms with E-state index in [2.05, 4.69) is 49.9 Å². The molecular formula is C20H31NO. The van der Waals surface area contributed by atoms with Crippen molar-refractivity contribution in [2.75, 3.05) is 19.6 Å². The van der Waals surface area contributed by atoms with Gasteiger partial charge in [0.1, 0.15) is 5.78 Å². The van der Waals surface area contributed by atoms with E-state index in [0.717, 1.165) is 31.8 Å². The highest BCUT2D eigenvalue weighted by Gasteiger charge is 2.40. The molecule has 0 amide bonds. The molecule has 1 unspecified atom stereocenters. The van der Waals surface area contributed by atoms with Crippen molar-refractivity contribution in [1.29, 1.82) is 0 Å². The summed E-state index contributed by atoms with van der Waals surface area (Å²) in [5, 5.41) is 0. The monoisotopic (exact) mass is 301 g/mol. The molecule has 1 saturated heterocycles. The minimum atomic E-state index is -0.252. The first kappa shape index (κ1) is 17.2. The zero-order chi connectivity index (χ0) is 16.2. The molecule has 2 heteroatoms. The molecule has 1 aliphatic rings. The number of aryl methyl sites for hydroxylation is 1. The molecule has 0 radical (unpaired) electrons. The molecule has 1 atom stereocenters. The average molecular weight is 301 g/mol. The second-order valence-electron chi connectivity index (χ2n) is 7.10. The van der Waals surface area contributed by atoms with Crippen molar-refractivity contribution in [2.24, 2.45) is 5.92 Å². The first-order chi connectivity index (χ1) is 10.5. The molecule has 0 bridgehead atoms. The molecule has 1 heterocycles. The molecule has 0 saturated carbocycles. The first-order valence-electron chi connectivity index (χ1n) is 8.79. The fourth-order valence-corrected chi connectivity index (χ4v) is 3.69. The normalized spacial score (nSPS) is 19.8. The van der Waals surface area contributed by atoms with Crippen molar-refractivity contribution >= 4 is 5.78 Å². The summed E-state index contributed by atoms with van der Waals surface area (Å²) in [5.41, 5.74) is 2.26. The quantitative estimate of drug-likeness (QED) is 0.778. The van der Waals surface area contributed by atoms with Crippen LogP contribution >= 0.6 is 0 Å². The molecular weight excluding hydrogens is 270 g/mol. The van der Waals surface area contributed by atoms with E-state index in [9.17, 15) is 4.79 Å². The Hall–Kier alpha value is -1.15. The van der Waals surface area contributed by atoms with Crippen LogP contribution < -0.4 is 0 Å². The van der Waals surface area contributed by atoms with Gasteiger partial charge in [0.05, 0.1) is 5.41 Å².